The van der Waals surface area contributed by atoms with Gasteiger partial charge >= 0.3 is 6.18 Å². The van der Waals surface area contributed by atoms with Gasteiger partial charge in [0.05, 0.1) is 5.69 Å². The summed E-state index contributed by atoms with van der Waals surface area (Å²) in [5.41, 5.74) is 8.95. The van der Waals surface area contributed by atoms with Gasteiger partial charge in [-0.05, 0) is 12.1 Å². The van der Waals surface area contributed by atoms with Crippen molar-refractivity contribution in [1.29, 1.82) is 0 Å². The Morgan fingerprint density at radius 2 is 1.60 bits per heavy atom. The molecule has 0 bridgehead atoms. The molecule has 1 aromatic heterocycles. The highest BCUT2D eigenvalue weighted by Gasteiger charge is 2.37. The maximum atomic E-state index is 12.8. The number of azo groups is 1. The average molecular weight is 282 g/mol. The molecule has 0 amide bonds. The molecule has 0 fully saturated rings. The van der Waals surface area contributed by atoms with Crippen molar-refractivity contribution < 1.29 is 13.2 Å². The molecule has 0 aliphatic rings. The number of hydrogen-bond donors (Lipinski definition) is 2. The third-order valence-corrected chi connectivity index (χ3v) is 2.22. The molecule has 104 valence electrons. The number of nitrogens with two attached hydrogens (primary N) is 2. The first-order valence-electron chi connectivity index (χ1n) is 5.35. The SMILES string of the molecule is Nc1nc(N)c(N=Nc2ccccc2)c(C(F)(F)F)n1. The molecule has 1 aromatic carbocycles. The molecule has 6 nitrogen and oxygen atoms in total. The van der Waals surface area contributed by atoms with Crippen LogP contribution in [0.3, 0.4) is 0 Å². The van der Waals surface area contributed by atoms with E-state index in [4.69, 9.17) is 11.5 Å². The Hall–Kier alpha value is -2.71. The van der Waals surface area contributed by atoms with E-state index in [0.717, 1.165) is 0 Å². The molecule has 0 unspecified atom stereocenters. The Morgan fingerprint density at radius 1 is 0.950 bits per heavy atom. The van der Waals surface area contributed by atoms with Crippen molar-refractivity contribution in [3.05, 3.63) is 36.0 Å². The van der Waals surface area contributed by atoms with Gasteiger partial charge < -0.3 is 11.5 Å². The lowest BCUT2D eigenvalue weighted by atomic mass is 10.3. The summed E-state index contributed by atoms with van der Waals surface area (Å²) in [6, 6.07) is 8.22. The van der Waals surface area contributed by atoms with Crippen LogP contribution in [0.1, 0.15) is 5.69 Å². The van der Waals surface area contributed by atoms with Crippen LogP contribution in [-0.2, 0) is 6.18 Å². The number of benzene rings is 1. The zero-order valence-corrected chi connectivity index (χ0v) is 9.96. The monoisotopic (exact) mass is 282 g/mol. The summed E-state index contributed by atoms with van der Waals surface area (Å²) in [5.74, 6) is -1.06. The average Bonchev–Trinajstić information content (AvgIpc) is 2.37. The predicted octanol–water partition coefficient (Wildman–Crippen LogP) is 3.08. The minimum Gasteiger partial charge on any atom is -0.382 e. The molecule has 0 aliphatic heterocycles. The van der Waals surface area contributed by atoms with Crippen LogP contribution in [0.5, 0.6) is 0 Å². The molecule has 2 rings (SSSR count). The van der Waals surface area contributed by atoms with Crippen LogP contribution in [0.25, 0.3) is 0 Å². The fraction of sp³-hybridized carbons (Fsp3) is 0.0909. The van der Waals surface area contributed by atoms with Crippen molar-refractivity contribution in [3.63, 3.8) is 0 Å². The van der Waals surface area contributed by atoms with Gasteiger partial charge in [-0.15, -0.1) is 5.11 Å². The van der Waals surface area contributed by atoms with Gasteiger partial charge in [-0.1, -0.05) is 18.2 Å². The van der Waals surface area contributed by atoms with Crippen LogP contribution in [0, 0.1) is 0 Å². The summed E-state index contributed by atoms with van der Waals surface area (Å²) < 4.78 is 38.5. The van der Waals surface area contributed by atoms with E-state index in [0.29, 0.717) is 5.69 Å². The molecule has 1 heterocycles. The highest BCUT2D eigenvalue weighted by atomic mass is 19.4. The minimum atomic E-state index is -4.75. The maximum absolute atomic E-state index is 12.8. The minimum absolute atomic E-state index is 0.372. The Balaban J connectivity index is 2.48. The molecule has 0 aliphatic carbocycles. The van der Waals surface area contributed by atoms with Gasteiger partial charge in [-0.3, -0.25) is 0 Å². The molecule has 9 heteroatoms. The molecule has 0 spiro atoms. The Labute approximate surface area is 111 Å². The summed E-state index contributed by atoms with van der Waals surface area (Å²) in [6.07, 6.45) is -4.75. The van der Waals surface area contributed by atoms with E-state index in [1.807, 2.05) is 0 Å². The molecule has 0 radical (unpaired) electrons. The number of nitrogen functional groups attached to an aromatic ring is 2. The van der Waals surface area contributed by atoms with Gasteiger partial charge in [0.2, 0.25) is 5.95 Å². The van der Waals surface area contributed by atoms with E-state index >= 15 is 0 Å². The second-order valence-electron chi connectivity index (χ2n) is 3.70. The third kappa shape index (κ3) is 2.99. The first-order chi connectivity index (χ1) is 9.38. The van der Waals surface area contributed by atoms with Gasteiger partial charge in [-0.2, -0.15) is 23.3 Å². The number of aromatic nitrogens is 2. The van der Waals surface area contributed by atoms with Crippen molar-refractivity contribution in [2.45, 2.75) is 6.18 Å². The van der Waals surface area contributed by atoms with Gasteiger partial charge in [0.1, 0.15) is 0 Å². The summed E-state index contributed by atoms with van der Waals surface area (Å²) in [7, 11) is 0. The second kappa shape index (κ2) is 5.11. The number of hydrogen-bond acceptors (Lipinski definition) is 6. The summed E-state index contributed by atoms with van der Waals surface area (Å²) in [5, 5.41) is 7.15. The zero-order valence-electron chi connectivity index (χ0n) is 9.96. The predicted molar refractivity (Wildman–Crippen MR) is 66.5 cm³/mol. The molecule has 2 aromatic rings. The van der Waals surface area contributed by atoms with E-state index in [1.54, 1.807) is 30.3 Å². The molecule has 0 atom stereocenters. The van der Waals surface area contributed by atoms with Crippen LogP contribution in [0.4, 0.5) is 36.3 Å². The molecule has 0 saturated carbocycles. The van der Waals surface area contributed by atoms with Gasteiger partial charge in [-0.25, -0.2) is 4.98 Å². The fourth-order valence-corrected chi connectivity index (χ4v) is 1.39. The lowest BCUT2D eigenvalue weighted by Gasteiger charge is -2.09. The van der Waals surface area contributed by atoms with Crippen molar-refractivity contribution in [2.75, 3.05) is 11.5 Å². The van der Waals surface area contributed by atoms with E-state index in [9.17, 15) is 13.2 Å². The first kappa shape index (κ1) is 13.7. The topological polar surface area (TPSA) is 103 Å². The van der Waals surface area contributed by atoms with E-state index in [2.05, 4.69) is 20.2 Å². The van der Waals surface area contributed by atoms with Crippen molar-refractivity contribution in [1.82, 2.24) is 9.97 Å². The summed E-state index contributed by atoms with van der Waals surface area (Å²) >= 11 is 0. The summed E-state index contributed by atoms with van der Waals surface area (Å²) in [4.78, 5) is 6.58. The standard InChI is InChI=1S/C11H9F3N6/c12-11(13,14)8-7(9(15)18-10(16)17-8)20-19-6-4-2-1-3-5-6/h1-5H,(H4,15,16,17,18). The van der Waals surface area contributed by atoms with Crippen molar-refractivity contribution in [2.24, 2.45) is 10.2 Å². The highest BCUT2D eigenvalue weighted by Crippen LogP contribution is 2.38. The largest absolute Gasteiger partial charge is 0.435 e. The highest BCUT2D eigenvalue weighted by molar-refractivity contribution is 5.62. The van der Waals surface area contributed by atoms with E-state index < -0.39 is 29.3 Å². The van der Waals surface area contributed by atoms with Crippen LogP contribution < -0.4 is 11.5 Å². The molecular weight excluding hydrogens is 273 g/mol. The number of alkyl halides is 3. The van der Waals surface area contributed by atoms with Gasteiger partial charge in [0.15, 0.2) is 17.2 Å². The number of halogens is 3. The first-order valence-corrected chi connectivity index (χ1v) is 5.35. The summed E-state index contributed by atoms with van der Waals surface area (Å²) in [6.45, 7) is 0. The normalized spacial score (nSPS) is 11.9. The second-order valence-corrected chi connectivity index (χ2v) is 3.70. The smallest absolute Gasteiger partial charge is 0.382 e. The Bertz CT molecular complexity index is 639. The lowest BCUT2D eigenvalue weighted by molar-refractivity contribution is -0.140. The Morgan fingerprint density at radius 3 is 2.20 bits per heavy atom. The molecular formula is C11H9F3N6. The lowest BCUT2D eigenvalue weighted by Crippen LogP contribution is -2.13. The number of nitrogens with zero attached hydrogens (tertiary/aromatic N) is 4. The van der Waals surface area contributed by atoms with Crippen molar-refractivity contribution in [3.8, 4) is 0 Å². The third-order valence-electron chi connectivity index (χ3n) is 2.22. The molecule has 20 heavy (non-hydrogen) atoms. The van der Waals surface area contributed by atoms with Gasteiger partial charge in [0, 0.05) is 0 Å². The van der Waals surface area contributed by atoms with Crippen LogP contribution >= 0.6 is 0 Å². The van der Waals surface area contributed by atoms with Crippen LogP contribution in [0.15, 0.2) is 40.6 Å². The molecule has 4 N–H and O–H groups in total. The Kier molecular flexibility index (Phi) is 3.51. The maximum Gasteiger partial charge on any atom is 0.435 e. The van der Waals surface area contributed by atoms with E-state index in [1.165, 1.54) is 0 Å². The fourth-order valence-electron chi connectivity index (χ4n) is 1.39. The van der Waals surface area contributed by atoms with Crippen LogP contribution in [-0.4, -0.2) is 9.97 Å². The molecule has 0 saturated heterocycles. The number of rotatable bonds is 2. The number of anilines is 2. The van der Waals surface area contributed by atoms with E-state index in [-0.39, 0.29) is 0 Å². The zero-order chi connectivity index (χ0) is 14.8. The van der Waals surface area contributed by atoms with Gasteiger partial charge in [0.25, 0.3) is 0 Å². The van der Waals surface area contributed by atoms with Crippen LogP contribution in [0.2, 0.25) is 0 Å². The van der Waals surface area contributed by atoms with Crippen molar-refractivity contribution >= 4 is 23.1 Å². The quantitative estimate of drug-likeness (QED) is 0.826.